The number of carbonyl (C=O) groups excluding carboxylic acids is 1. The highest BCUT2D eigenvalue weighted by Crippen LogP contribution is 2.16. The molecule has 2 aromatic rings. The molecule has 0 unspecified atom stereocenters. The number of hydrogen-bond acceptors (Lipinski definition) is 5. The minimum Gasteiger partial charge on any atom is -0.497 e. The third-order valence-corrected chi connectivity index (χ3v) is 3.20. The zero-order valence-corrected chi connectivity index (χ0v) is 13.7. The molecule has 0 aliphatic heterocycles. The number of rotatable bonds is 8. The van der Waals surface area contributed by atoms with Crippen LogP contribution in [0.2, 0.25) is 0 Å². The van der Waals surface area contributed by atoms with Crippen LogP contribution in [0.5, 0.6) is 11.5 Å². The minimum absolute atomic E-state index is 0.149. The molecule has 2 rings (SSSR count). The average molecular weight is 328 g/mol. The first-order valence-corrected chi connectivity index (χ1v) is 7.44. The maximum Gasteiger partial charge on any atom is 0.251 e. The van der Waals surface area contributed by atoms with E-state index in [1.54, 1.807) is 37.6 Å². The number of oxime groups is 1. The number of amides is 1. The summed E-state index contributed by atoms with van der Waals surface area (Å²) in [4.78, 5) is 16.6. The molecule has 0 aliphatic rings. The zero-order chi connectivity index (χ0) is 17.2. The van der Waals surface area contributed by atoms with Crippen LogP contribution < -0.4 is 14.8 Å². The van der Waals surface area contributed by atoms with Gasteiger partial charge in [-0.05, 0) is 42.0 Å². The molecule has 2 aromatic carbocycles. The molecular formula is C18H20N2O4. The van der Waals surface area contributed by atoms with E-state index in [1.165, 1.54) is 7.11 Å². The first kappa shape index (κ1) is 17.3. The van der Waals surface area contributed by atoms with Crippen molar-refractivity contribution in [3.05, 3.63) is 59.7 Å². The topological polar surface area (TPSA) is 69.2 Å². The van der Waals surface area contributed by atoms with Crippen LogP contribution in [-0.2, 0) is 4.84 Å². The van der Waals surface area contributed by atoms with Crippen LogP contribution in [-0.4, -0.2) is 39.5 Å². The maximum atomic E-state index is 12.0. The van der Waals surface area contributed by atoms with E-state index in [2.05, 4.69) is 15.3 Å². The number of ether oxygens (including phenoxy) is 2. The van der Waals surface area contributed by atoms with Crippen LogP contribution in [0.1, 0.15) is 15.9 Å². The number of benzene rings is 2. The normalized spacial score (nSPS) is 10.4. The summed E-state index contributed by atoms with van der Waals surface area (Å²) in [6.07, 6.45) is 1.57. The molecule has 0 atom stereocenters. The highest BCUT2D eigenvalue weighted by molar-refractivity contribution is 5.95. The lowest BCUT2D eigenvalue weighted by molar-refractivity contribution is 0.0947. The lowest BCUT2D eigenvalue weighted by atomic mass is 10.1. The molecule has 0 radical (unpaired) electrons. The average Bonchev–Trinajstić information content (AvgIpc) is 2.64. The Labute approximate surface area is 141 Å². The molecule has 0 saturated heterocycles. The zero-order valence-electron chi connectivity index (χ0n) is 13.7. The van der Waals surface area contributed by atoms with E-state index < -0.39 is 0 Å². The van der Waals surface area contributed by atoms with Crippen molar-refractivity contribution < 1.29 is 19.1 Å². The molecule has 0 saturated carbocycles. The number of nitrogens with one attached hydrogen (secondary N) is 1. The van der Waals surface area contributed by atoms with Crippen molar-refractivity contribution in [1.82, 2.24) is 5.32 Å². The summed E-state index contributed by atoms with van der Waals surface area (Å²) in [5.41, 5.74) is 1.44. The first-order valence-electron chi connectivity index (χ1n) is 7.44. The molecule has 0 aliphatic carbocycles. The second-order valence-corrected chi connectivity index (χ2v) is 4.82. The van der Waals surface area contributed by atoms with Crippen molar-refractivity contribution in [1.29, 1.82) is 0 Å². The van der Waals surface area contributed by atoms with Crippen LogP contribution in [0.3, 0.4) is 0 Å². The van der Waals surface area contributed by atoms with E-state index in [1.807, 2.05) is 24.3 Å². The summed E-state index contributed by atoms with van der Waals surface area (Å²) in [5, 5.41) is 6.47. The van der Waals surface area contributed by atoms with Crippen molar-refractivity contribution in [3.8, 4) is 11.5 Å². The summed E-state index contributed by atoms with van der Waals surface area (Å²) < 4.78 is 10.6. The lowest BCUT2D eigenvalue weighted by Crippen LogP contribution is -2.28. The summed E-state index contributed by atoms with van der Waals surface area (Å²) in [6, 6.07) is 14.3. The van der Waals surface area contributed by atoms with Crippen LogP contribution in [0.25, 0.3) is 0 Å². The van der Waals surface area contributed by atoms with Gasteiger partial charge in [0.15, 0.2) is 0 Å². The van der Waals surface area contributed by atoms with E-state index in [-0.39, 0.29) is 5.91 Å². The van der Waals surface area contributed by atoms with Gasteiger partial charge in [-0.25, -0.2) is 0 Å². The summed E-state index contributed by atoms with van der Waals surface area (Å²) in [7, 11) is 3.09. The molecule has 0 heterocycles. The third-order valence-electron chi connectivity index (χ3n) is 3.20. The fourth-order valence-electron chi connectivity index (χ4n) is 1.94. The summed E-state index contributed by atoms with van der Waals surface area (Å²) >= 11 is 0. The Morgan fingerprint density at radius 2 is 1.71 bits per heavy atom. The van der Waals surface area contributed by atoms with Gasteiger partial charge in [-0.3, -0.25) is 4.79 Å². The van der Waals surface area contributed by atoms with Gasteiger partial charge in [-0.15, -0.1) is 0 Å². The second-order valence-electron chi connectivity index (χ2n) is 4.82. The number of hydrogen-bond donors (Lipinski definition) is 1. The van der Waals surface area contributed by atoms with Gasteiger partial charge in [0.1, 0.15) is 25.2 Å². The van der Waals surface area contributed by atoms with Gasteiger partial charge in [-0.2, -0.15) is 0 Å². The summed E-state index contributed by atoms with van der Waals surface area (Å²) in [5.74, 6) is 1.35. The van der Waals surface area contributed by atoms with Gasteiger partial charge in [0.2, 0.25) is 0 Å². The number of nitrogens with zero attached hydrogens (tertiary/aromatic N) is 1. The predicted octanol–water partition coefficient (Wildman–Crippen LogP) is 2.48. The summed E-state index contributed by atoms with van der Waals surface area (Å²) in [6.45, 7) is 0.800. The largest absolute Gasteiger partial charge is 0.497 e. The fourth-order valence-corrected chi connectivity index (χ4v) is 1.94. The van der Waals surface area contributed by atoms with E-state index in [9.17, 15) is 4.79 Å². The van der Waals surface area contributed by atoms with Crippen molar-refractivity contribution in [2.24, 2.45) is 5.16 Å². The Morgan fingerprint density at radius 3 is 2.33 bits per heavy atom. The fraction of sp³-hybridized carbons (Fsp3) is 0.222. The van der Waals surface area contributed by atoms with Crippen molar-refractivity contribution in [3.63, 3.8) is 0 Å². The Morgan fingerprint density at radius 1 is 1.04 bits per heavy atom. The minimum atomic E-state index is -0.149. The van der Waals surface area contributed by atoms with Crippen molar-refractivity contribution in [2.75, 3.05) is 27.4 Å². The highest BCUT2D eigenvalue weighted by atomic mass is 16.6. The molecule has 0 fully saturated rings. The quantitative estimate of drug-likeness (QED) is 0.459. The van der Waals surface area contributed by atoms with Gasteiger partial charge >= 0.3 is 0 Å². The standard InChI is InChI=1S/C18H20N2O4/c1-22-16-7-9-17(10-8-16)24-12-11-19-18(21)15-5-3-14(4-6-15)13-20-23-2/h3-10,13H,11-12H2,1-2H3,(H,19,21)/b20-13+. The van der Waals surface area contributed by atoms with Gasteiger partial charge in [-0.1, -0.05) is 17.3 Å². The first-order chi connectivity index (χ1) is 11.7. The Hall–Kier alpha value is -3.02. The molecular weight excluding hydrogens is 308 g/mol. The molecule has 1 amide bonds. The predicted molar refractivity (Wildman–Crippen MR) is 91.9 cm³/mol. The maximum absolute atomic E-state index is 12.0. The van der Waals surface area contributed by atoms with Crippen LogP contribution >= 0.6 is 0 Å². The number of carbonyl (C=O) groups is 1. The van der Waals surface area contributed by atoms with E-state index in [0.717, 1.165) is 17.1 Å². The number of methoxy groups -OCH3 is 1. The molecule has 126 valence electrons. The van der Waals surface area contributed by atoms with E-state index in [0.29, 0.717) is 18.7 Å². The molecule has 6 nitrogen and oxygen atoms in total. The SMILES string of the molecule is CO/N=C/c1ccc(C(=O)NCCOc2ccc(OC)cc2)cc1. The Kier molecular flexibility index (Phi) is 6.64. The van der Waals surface area contributed by atoms with Crippen molar-refractivity contribution in [2.45, 2.75) is 0 Å². The monoisotopic (exact) mass is 328 g/mol. The molecule has 0 spiro atoms. The lowest BCUT2D eigenvalue weighted by Gasteiger charge is -2.08. The second kappa shape index (κ2) is 9.19. The third kappa shape index (κ3) is 5.31. The molecule has 6 heteroatoms. The Balaban J connectivity index is 1.75. The van der Waals surface area contributed by atoms with Crippen LogP contribution in [0, 0.1) is 0 Å². The highest BCUT2D eigenvalue weighted by Gasteiger charge is 2.04. The van der Waals surface area contributed by atoms with Gasteiger partial charge < -0.3 is 19.6 Å². The molecule has 1 N–H and O–H groups in total. The van der Waals surface area contributed by atoms with Crippen LogP contribution in [0.15, 0.2) is 53.7 Å². The van der Waals surface area contributed by atoms with Gasteiger partial charge in [0.05, 0.1) is 19.9 Å². The van der Waals surface area contributed by atoms with E-state index in [4.69, 9.17) is 9.47 Å². The van der Waals surface area contributed by atoms with E-state index >= 15 is 0 Å². The molecule has 0 bridgehead atoms. The smallest absolute Gasteiger partial charge is 0.251 e. The van der Waals surface area contributed by atoms with Crippen molar-refractivity contribution >= 4 is 12.1 Å². The molecule has 24 heavy (non-hydrogen) atoms. The van der Waals surface area contributed by atoms with Gasteiger partial charge in [0.25, 0.3) is 5.91 Å². The molecule has 0 aromatic heterocycles. The van der Waals surface area contributed by atoms with Crippen LogP contribution in [0.4, 0.5) is 0 Å². The Bertz CT molecular complexity index is 666. The van der Waals surface area contributed by atoms with Gasteiger partial charge in [0, 0.05) is 5.56 Å².